The summed E-state index contributed by atoms with van der Waals surface area (Å²) in [6.07, 6.45) is 4.01. The summed E-state index contributed by atoms with van der Waals surface area (Å²) in [5.74, 6) is 0.620. The molecule has 1 aromatic rings. The van der Waals surface area contributed by atoms with Crippen LogP contribution in [0.25, 0.3) is 0 Å². The molecule has 1 aliphatic heterocycles. The first-order valence-corrected chi connectivity index (χ1v) is 10.4. The summed E-state index contributed by atoms with van der Waals surface area (Å²) in [6.45, 7) is 1.54. The Morgan fingerprint density at radius 2 is 1.96 bits per heavy atom. The van der Waals surface area contributed by atoms with Crippen molar-refractivity contribution in [2.24, 2.45) is 5.92 Å². The number of hydrogen-bond acceptors (Lipinski definition) is 6. The second kappa shape index (κ2) is 7.50. The molecule has 1 aliphatic carbocycles. The van der Waals surface area contributed by atoms with E-state index in [-0.39, 0.29) is 10.6 Å². The third-order valence-corrected chi connectivity index (χ3v) is 7.13. The molecule has 8 nitrogen and oxygen atoms in total. The molecule has 1 aromatic carbocycles. The maximum Gasteiger partial charge on any atom is 0.270 e. The van der Waals surface area contributed by atoms with Crippen LogP contribution in [0.3, 0.4) is 0 Å². The Balaban J connectivity index is 1.89. The van der Waals surface area contributed by atoms with Crippen molar-refractivity contribution >= 4 is 21.4 Å². The van der Waals surface area contributed by atoms with Crippen LogP contribution in [0.15, 0.2) is 23.1 Å². The molecule has 1 saturated heterocycles. The monoisotopic (exact) mass is 382 g/mol. The van der Waals surface area contributed by atoms with Gasteiger partial charge in [-0.15, -0.1) is 0 Å². The molecule has 1 unspecified atom stereocenters. The Bertz CT molecular complexity index is 769. The number of hydrogen-bond donors (Lipinski definition) is 1. The molecular formula is C17H26N4O4S. The van der Waals surface area contributed by atoms with E-state index in [4.69, 9.17) is 0 Å². The van der Waals surface area contributed by atoms with Gasteiger partial charge in [0.25, 0.3) is 5.69 Å². The van der Waals surface area contributed by atoms with Gasteiger partial charge in [-0.3, -0.25) is 10.1 Å². The highest BCUT2D eigenvalue weighted by Crippen LogP contribution is 2.36. The summed E-state index contributed by atoms with van der Waals surface area (Å²) >= 11 is 0. The van der Waals surface area contributed by atoms with E-state index in [2.05, 4.69) is 10.2 Å². The molecule has 9 heteroatoms. The molecular weight excluding hydrogens is 356 g/mol. The van der Waals surface area contributed by atoms with Crippen molar-refractivity contribution < 1.29 is 13.3 Å². The van der Waals surface area contributed by atoms with Crippen molar-refractivity contribution in [3.05, 3.63) is 28.3 Å². The third-order valence-electron chi connectivity index (χ3n) is 5.19. The quantitative estimate of drug-likeness (QED) is 0.547. The molecule has 3 rings (SSSR count). The summed E-state index contributed by atoms with van der Waals surface area (Å²) in [5.41, 5.74) is 0.231. The van der Waals surface area contributed by atoms with Crippen LogP contribution in [0.1, 0.15) is 25.7 Å². The number of sulfonamides is 1. The van der Waals surface area contributed by atoms with E-state index in [1.165, 1.54) is 35.3 Å². The lowest BCUT2D eigenvalue weighted by atomic mass is 10.1. The summed E-state index contributed by atoms with van der Waals surface area (Å²) < 4.78 is 27.4. The highest BCUT2D eigenvalue weighted by Gasteiger charge is 2.34. The Hall–Kier alpha value is -1.71. The van der Waals surface area contributed by atoms with Crippen LogP contribution in [-0.2, 0) is 10.0 Å². The molecule has 1 N–H and O–H groups in total. The van der Waals surface area contributed by atoms with Crippen molar-refractivity contribution in [3.8, 4) is 0 Å². The van der Waals surface area contributed by atoms with E-state index < -0.39 is 14.9 Å². The number of nitrogens with zero attached hydrogens (tertiary/aromatic N) is 3. The lowest BCUT2D eigenvalue weighted by Gasteiger charge is -2.26. The predicted octanol–water partition coefficient (Wildman–Crippen LogP) is 2.13. The van der Waals surface area contributed by atoms with E-state index >= 15 is 0 Å². The highest BCUT2D eigenvalue weighted by molar-refractivity contribution is 7.89. The third kappa shape index (κ3) is 3.99. The number of rotatable bonds is 8. The zero-order valence-corrected chi connectivity index (χ0v) is 16.0. The molecule has 2 fully saturated rings. The molecule has 1 heterocycles. The van der Waals surface area contributed by atoms with E-state index in [1.807, 2.05) is 14.1 Å². The average Bonchev–Trinajstić information content (AvgIpc) is 3.25. The number of anilines is 1. The van der Waals surface area contributed by atoms with Crippen LogP contribution in [0, 0.1) is 16.0 Å². The first kappa shape index (κ1) is 19.1. The average molecular weight is 382 g/mol. The number of benzene rings is 1. The van der Waals surface area contributed by atoms with Gasteiger partial charge in [0.05, 0.1) is 10.6 Å². The van der Waals surface area contributed by atoms with Gasteiger partial charge in [-0.05, 0) is 51.8 Å². The van der Waals surface area contributed by atoms with Crippen LogP contribution < -0.4 is 5.32 Å². The largest absolute Gasteiger partial charge is 0.382 e. The highest BCUT2D eigenvalue weighted by atomic mass is 32.2. The minimum Gasteiger partial charge on any atom is -0.382 e. The summed E-state index contributed by atoms with van der Waals surface area (Å²) in [7, 11) is 0.287. The van der Waals surface area contributed by atoms with Gasteiger partial charge in [0, 0.05) is 37.8 Å². The number of nitro groups is 1. The van der Waals surface area contributed by atoms with Crippen LogP contribution in [-0.4, -0.2) is 62.3 Å². The smallest absolute Gasteiger partial charge is 0.270 e. The normalized spacial score (nSPS) is 19.7. The maximum atomic E-state index is 13.0. The second-order valence-corrected chi connectivity index (χ2v) is 9.20. The number of nitro benzene ring substituents is 1. The van der Waals surface area contributed by atoms with Gasteiger partial charge in [0.15, 0.2) is 0 Å². The summed E-state index contributed by atoms with van der Waals surface area (Å²) in [5, 5.41) is 14.4. The molecule has 1 saturated carbocycles. The van der Waals surface area contributed by atoms with E-state index in [1.54, 1.807) is 0 Å². The SMILES string of the molecule is CN(C)C(CNc1ccc([N+](=O)[O-])cc1S(=O)(=O)N1CCCC1)C1CC1. The predicted molar refractivity (Wildman–Crippen MR) is 99.8 cm³/mol. The van der Waals surface area contributed by atoms with E-state index in [0.29, 0.717) is 37.3 Å². The zero-order chi connectivity index (χ0) is 18.9. The molecule has 0 bridgehead atoms. The summed E-state index contributed by atoms with van der Waals surface area (Å²) in [6, 6.07) is 4.36. The number of nitrogens with one attached hydrogen (secondary N) is 1. The van der Waals surface area contributed by atoms with Gasteiger partial charge < -0.3 is 10.2 Å². The van der Waals surface area contributed by atoms with Gasteiger partial charge in [0.1, 0.15) is 4.90 Å². The van der Waals surface area contributed by atoms with Gasteiger partial charge in [-0.25, -0.2) is 8.42 Å². The van der Waals surface area contributed by atoms with Crippen molar-refractivity contribution in [2.75, 3.05) is 39.0 Å². The van der Waals surface area contributed by atoms with Crippen LogP contribution >= 0.6 is 0 Å². The number of non-ortho nitro benzene ring substituents is 1. The fourth-order valence-corrected chi connectivity index (χ4v) is 5.22. The first-order chi connectivity index (χ1) is 12.3. The molecule has 1 atom stereocenters. The zero-order valence-electron chi connectivity index (χ0n) is 15.2. The maximum absolute atomic E-state index is 13.0. The fraction of sp³-hybridized carbons (Fsp3) is 0.647. The Kier molecular flexibility index (Phi) is 5.50. The number of likely N-dealkylation sites (N-methyl/N-ethyl adjacent to an activating group) is 1. The standard InChI is InChI=1S/C17H26N4O4S/c1-19(2)16(13-5-6-13)12-18-15-8-7-14(21(22)23)11-17(15)26(24,25)20-9-3-4-10-20/h7-8,11,13,16,18H,3-6,9-10,12H2,1-2H3. The van der Waals surface area contributed by atoms with Gasteiger partial charge in [0.2, 0.25) is 10.0 Å². The molecule has 0 spiro atoms. The Morgan fingerprint density at radius 3 is 2.50 bits per heavy atom. The Labute approximate surface area is 154 Å². The topological polar surface area (TPSA) is 95.8 Å². The van der Waals surface area contributed by atoms with Crippen molar-refractivity contribution in [3.63, 3.8) is 0 Å². The van der Waals surface area contributed by atoms with Crippen molar-refractivity contribution in [2.45, 2.75) is 36.6 Å². The summed E-state index contributed by atoms with van der Waals surface area (Å²) in [4.78, 5) is 12.7. The van der Waals surface area contributed by atoms with Gasteiger partial charge >= 0.3 is 0 Å². The molecule has 2 aliphatic rings. The molecule has 0 radical (unpaired) electrons. The Morgan fingerprint density at radius 1 is 1.31 bits per heavy atom. The van der Waals surface area contributed by atoms with Gasteiger partial charge in [-0.1, -0.05) is 0 Å². The lowest BCUT2D eigenvalue weighted by molar-refractivity contribution is -0.385. The molecule has 144 valence electrons. The van der Waals surface area contributed by atoms with Gasteiger partial charge in [-0.2, -0.15) is 4.31 Å². The van der Waals surface area contributed by atoms with Crippen LogP contribution in [0.4, 0.5) is 11.4 Å². The van der Waals surface area contributed by atoms with Crippen LogP contribution in [0.2, 0.25) is 0 Å². The van der Waals surface area contributed by atoms with Crippen molar-refractivity contribution in [1.29, 1.82) is 0 Å². The molecule has 26 heavy (non-hydrogen) atoms. The molecule has 0 amide bonds. The minimum absolute atomic E-state index is 0.00176. The fourth-order valence-electron chi connectivity index (χ4n) is 3.52. The minimum atomic E-state index is -3.75. The lowest BCUT2D eigenvalue weighted by Crippen LogP contribution is -2.36. The first-order valence-electron chi connectivity index (χ1n) is 8.99. The van der Waals surface area contributed by atoms with Crippen LogP contribution in [0.5, 0.6) is 0 Å². The van der Waals surface area contributed by atoms with E-state index in [9.17, 15) is 18.5 Å². The second-order valence-electron chi connectivity index (χ2n) is 7.30. The van der Waals surface area contributed by atoms with E-state index in [0.717, 1.165) is 12.8 Å². The molecule has 0 aromatic heterocycles. The van der Waals surface area contributed by atoms with Crippen molar-refractivity contribution in [1.82, 2.24) is 9.21 Å².